The van der Waals surface area contributed by atoms with Gasteiger partial charge in [-0.05, 0) is 105 Å². The predicted octanol–water partition coefficient (Wildman–Crippen LogP) is 4.36. The quantitative estimate of drug-likeness (QED) is 0.715. The molecule has 2 bridgehead atoms. The van der Waals surface area contributed by atoms with Crippen LogP contribution in [0.3, 0.4) is 0 Å². The van der Waals surface area contributed by atoms with Gasteiger partial charge in [0.15, 0.2) is 0 Å². The summed E-state index contributed by atoms with van der Waals surface area (Å²) < 4.78 is 0. The number of aryl methyl sites for hydroxylation is 3. The first-order valence-corrected chi connectivity index (χ1v) is 13.1. The van der Waals surface area contributed by atoms with Crippen LogP contribution in [0.1, 0.15) is 55.3 Å². The van der Waals surface area contributed by atoms with Gasteiger partial charge in [-0.25, -0.2) is 9.97 Å². The van der Waals surface area contributed by atoms with Crippen molar-refractivity contribution in [1.82, 2.24) is 15.3 Å². The van der Waals surface area contributed by atoms with Crippen LogP contribution in [0.25, 0.3) is 10.9 Å². The third kappa shape index (κ3) is 3.14. The molecule has 3 fully saturated rings. The van der Waals surface area contributed by atoms with Crippen molar-refractivity contribution < 1.29 is 4.79 Å². The van der Waals surface area contributed by atoms with E-state index in [1.807, 2.05) is 0 Å². The van der Waals surface area contributed by atoms with Gasteiger partial charge in [0.1, 0.15) is 0 Å². The van der Waals surface area contributed by atoms with Crippen LogP contribution < -0.4 is 10.2 Å². The number of carbonyl (C=O) groups is 1. The second kappa shape index (κ2) is 7.28. The molecule has 2 saturated carbocycles. The molecule has 2 heterocycles. The van der Waals surface area contributed by atoms with Gasteiger partial charge in [0, 0.05) is 30.9 Å². The summed E-state index contributed by atoms with van der Waals surface area (Å²) in [6.07, 6.45) is 14.4. The number of rotatable bonds is 4. The molecule has 1 N–H and O–H groups in total. The highest BCUT2D eigenvalue weighted by Crippen LogP contribution is 2.69. The minimum atomic E-state index is 0.120. The number of piperidine rings is 1. The molecule has 5 nitrogen and oxygen atoms in total. The standard InChI is InChI=1S/C28H34N4O/c1-17-23-14-19-3-2-4-20(19)15-25(23)31-27(30-17)32-11-7-18(8-12-32)26(33)29-16-21-13-22-5-6-24(21)28(22)9-10-28/h5-6,14-15,18,21-22,24H,2-4,7-13,16H2,1H3,(H,29,33). The summed E-state index contributed by atoms with van der Waals surface area (Å²) >= 11 is 0. The van der Waals surface area contributed by atoms with Gasteiger partial charge in [0.25, 0.3) is 0 Å². The van der Waals surface area contributed by atoms with E-state index in [1.54, 1.807) is 0 Å². The Balaban J connectivity index is 0.983. The van der Waals surface area contributed by atoms with Crippen molar-refractivity contribution in [3.63, 3.8) is 0 Å². The molecule has 5 aliphatic rings. The molecule has 1 aliphatic heterocycles. The zero-order chi connectivity index (χ0) is 22.2. The van der Waals surface area contributed by atoms with E-state index >= 15 is 0 Å². The molecule has 2 aromatic rings. The van der Waals surface area contributed by atoms with Crippen LogP contribution in [-0.4, -0.2) is 35.5 Å². The molecular weight excluding hydrogens is 408 g/mol. The van der Waals surface area contributed by atoms with E-state index in [-0.39, 0.29) is 11.8 Å². The fourth-order valence-corrected chi connectivity index (χ4v) is 7.55. The van der Waals surface area contributed by atoms with Gasteiger partial charge in [-0.3, -0.25) is 4.79 Å². The van der Waals surface area contributed by atoms with E-state index in [2.05, 4.69) is 41.4 Å². The van der Waals surface area contributed by atoms with Crippen LogP contribution in [0.2, 0.25) is 0 Å². The number of hydrogen-bond acceptors (Lipinski definition) is 4. The first kappa shape index (κ1) is 20.0. The molecule has 1 saturated heterocycles. The van der Waals surface area contributed by atoms with Gasteiger partial charge in [0.2, 0.25) is 11.9 Å². The number of aromatic nitrogens is 2. The number of carbonyl (C=O) groups excluding carboxylic acids is 1. The van der Waals surface area contributed by atoms with Crippen molar-refractivity contribution in [3.05, 3.63) is 41.1 Å². The highest BCUT2D eigenvalue weighted by atomic mass is 16.1. The molecular formula is C28H34N4O. The van der Waals surface area contributed by atoms with Gasteiger partial charge in [-0.1, -0.05) is 12.2 Å². The maximum absolute atomic E-state index is 12.9. The number of fused-ring (bicyclic) bond motifs is 2. The van der Waals surface area contributed by atoms with E-state index in [9.17, 15) is 4.79 Å². The summed E-state index contributed by atoms with van der Waals surface area (Å²) in [7, 11) is 0. The zero-order valence-electron chi connectivity index (χ0n) is 19.6. The molecule has 3 atom stereocenters. The minimum absolute atomic E-state index is 0.120. The molecule has 1 aromatic heterocycles. The van der Waals surface area contributed by atoms with Gasteiger partial charge in [-0.2, -0.15) is 0 Å². The normalized spacial score (nSPS) is 29.2. The van der Waals surface area contributed by atoms with Crippen molar-refractivity contribution >= 4 is 22.8 Å². The van der Waals surface area contributed by atoms with E-state index in [0.29, 0.717) is 11.3 Å². The summed E-state index contributed by atoms with van der Waals surface area (Å²) in [4.78, 5) is 25.0. The maximum atomic E-state index is 12.9. The predicted molar refractivity (Wildman–Crippen MR) is 130 cm³/mol. The average Bonchev–Trinajstić information content (AvgIpc) is 3.27. The first-order chi connectivity index (χ1) is 16.1. The molecule has 0 radical (unpaired) electrons. The van der Waals surface area contributed by atoms with Gasteiger partial charge in [0.05, 0.1) is 11.2 Å². The van der Waals surface area contributed by atoms with E-state index in [1.165, 1.54) is 55.0 Å². The maximum Gasteiger partial charge on any atom is 0.226 e. The summed E-state index contributed by atoms with van der Waals surface area (Å²) in [6, 6.07) is 4.59. The summed E-state index contributed by atoms with van der Waals surface area (Å²) in [5, 5.41) is 4.53. The topological polar surface area (TPSA) is 58.1 Å². The third-order valence-electron chi connectivity index (χ3n) is 9.62. The second-order valence-electron chi connectivity index (χ2n) is 11.4. The summed E-state index contributed by atoms with van der Waals surface area (Å²) in [5.41, 5.74) is 5.69. The lowest BCUT2D eigenvalue weighted by Crippen LogP contribution is -2.42. The summed E-state index contributed by atoms with van der Waals surface area (Å²) in [6.45, 7) is 4.68. The molecule has 5 heteroatoms. The van der Waals surface area contributed by atoms with Crippen LogP contribution in [0, 0.1) is 36.0 Å². The van der Waals surface area contributed by atoms with E-state index in [0.717, 1.165) is 61.5 Å². The van der Waals surface area contributed by atoms with Crippen LogP contribution in [-0.2, 0) is 17.6 Å². The largest absolute Gasteiger partial charge is 0.356 e. The number of hydrogen-bond donors (Lipinski definition) is 1. The monoisotopic (exact) mass is 442 g/mol. The SMILES string of the molecule is Cc1nc(N2CCC(C(=O)NCC3CC4C=CC3C43CC3)CC2)nc2cc3c(cc12)CCC3. The molecule has 3 unspecified atom stereocenters. The first-order valence-electron chi connectivity index (χ1n) is 13.1. The van der Waals surface area contributed by atoms with Crippen LogP contribution in [0.15, 0.2) is 24.3 Å². The molecule has 172 valence electrons. The van der Waals surface area contributed by atoms with Crippen LogP contribution in [0.4, 0.5) is 5.95 Å². The molecule has 33 heavy (non-hydrogen) atoms. The number of nitrogens with one attached hydrogen (secondary N) is 1. The number of allylic oxidation sites excluding steroid dienone is 2. The van der Waals surface area contributed by atoms with Crippen molar-refractivity contribution in [2.24, 2.45) is 29.1 Å². The number of nitrogens with zero attached hydrogens (tertiary/aromatic N) is 3. The molecule has 1 aromatic carbocycles. The number of amides is 1. The lowest BCUT2D eigenvalue weighted by atomic mass is 9.88. The number of benzene rings is 1. The highest BCUT2D eigenvalue weighted by molar-refractivity contribution is 5.84. The van der Waals surface area contributed by atoms with Crippen molar-refractivity contribution in [2.75, 3.05) is 24.5 Å². The fraction of sp³-hybridized carbons (Fsp3) is 0.607. The van der Waals surface area contributed by atoms with Gasteiger partial charge >= 0.3 is 0 Å². The summed E-state index contributed by atoms with van der Waals surface area (Å²) in [5.74, 6) is 3.38. The molecule has 7 rings (SSSR count). The zero-order valence-corrected chi connectivity index (χ0v) is 19.6. The molecule has 4 aliphatic carbocycles. The number of anilines is 1. The Kier molecular flexibility index (Phi) is 4.41. The Morgan fingerprint density at radius 3 is 2.67 bits per heavy atom. The highest BCUT2D eigenvalue weighted by Gasteiger charge is 2.62. The minimum Gasteiger partial charge on any atom is -0.356 e. The van der Waals surface area contributed by atoms with Crippen molar-refractivity contribution in [2.45, 2.75) is 58.3 Å². The van der Waals surface area contributed by atoms with Crippen LogP contribution in [0.5, 0.6) is 0 Å². The Labute approximate surface area is 196 Å². The Morgan fingerprint density at radius 2 is 1.91 bits per heavy atom. The van der Waals surface area contributed by atoms with Crippen molar-refractivity contribution in [3.8, 4) is 0 Å². The smallest absolute Gasteiger partial charge is 0.226 e. The third-order valence-corrected chi connectivity index (χ3v) is 9.62. The average molecular weight is 443 g/mol. The van der Waals surface area contributed by atoms with Gasteiger partial charge < -0.3 is 10.2 Å². The fourth-order valence-electron chi connectivity index (χ4n) is 7.55. The lowest BCUT2D eigenvalue weighted by Gasteiger charge is -2.32. The molecule has 1 amide bonds. The van der Waals surface area contributed by atoms with Gasteiger partial charge in [-0.15, -0.1) is 0 Å². The van der Waals surface area contributed by atoms with Crippen LogP contribution >= 0.6 is 0 Å². The Bertz CT molecular complexity index is 1160. The Morgan fingerprint density at radius 1 is 1.12 bits per heavy atom. The van der Waals surface area contributed by atoms with E-state index in [4.69, 9.17) is 9.97 Å². The van der Waals surface area contributed by atoms with E-state index < -0.39 is 0 Å². The molecule has 1 spiro atoms. The lowest BCUT2D eigenvalue weighted by molar-refractivity contribution is -0.125. The van der Waals surface area contributed by atoms with Crippen molar-refractivity contribution in [1.29, 1.82) is 0 Å². The second-order valence-corrected chi connectivity index (χ2v) is 11.4. The Hall–Kier alpha value is -2.43.